The predicted octanol–water partition coefficient (Wildman–Crippen LogP) is 3.37. The second-order valence-electron chi connectivity index (χ2n) is 7.18. The third-order valence-corrected chi connectivity index (χ3v) is 5.42. The number of nitrogens with zero attached hydrogens (tertiary/aromatic N) is 1. The first-order valence-electron chi connectivity index (χ1n) is 8.83. The van der Waals surface area contributed by atoms with Crippen molar-refractivity contribution in [2.24, 2.45) is 11.8 Å². The molecule has 0 aromatic heterocycles. The summed E-state index contributed by atoms with van der Waals surface area (Å²) in [7, 11) is 0. The van der Waals surface area contributed by atoms with E-state index in [1.807, 2.05) is 0 Å². The Balaban J connectivity index is 0.00000161. The second-order valence-corrected chi connectivity index (χ2v) is 7.18. The highest BCUT2D eigenvalue weighted by molar-refractivity contribution is 5.85. The van der Waals surface area contributed by atoms with Crippen LogP contribution >= 0.6 is 12.4 Å². The van der Waals surface area contributed by atoms with Crippen LogP contribution in [0.3, 0.4) is 0 Å². The fraction of sp³-hybridized carbons (Fsp3) is 0.941. The minimum absolute atomic E-state index is 0. The number of rotatable bonds is 6. The van der Waals surface area contributed by atoms with E-state index in [0.717, 1.165) is 44.3 Å². The molecule has 0 aromatic rings. The Bertz CT molecular complexity index is 321. The van der Waals surface area contributed by atoms with E-state index in [4.69, 9.17) is 0 Å². The van der Waals surface area contributed by atoms with Gasteiger partial charge in [-0.1, -0.05) is 19.3 Å². The van der Waals surface area contributed by atoms with Crippen LogP contribution in [0.2, 0.25) is 0 Å². The first kappa shape index (κ1) is 17.1. The minimum atomic E-state index is 0. The molecular formula is C17H31ClN2O. The van der Waals surface area contributed by atoms with Crippen molar-refractivity contribution in [3.05, 3.63) is 0 Å². The van der Waals surface area contributed by atoms with Gasteiger partial charge in [-0.15, -0.1) is 12.4 Å². The third-order valence-electron chi connectivity index (χ3n) is 5.42. The Labute approximate surface area is 135 Å². The Morgan fingerprint density at radius 1 is 1.00 bits per heavy atom. The molecule has 3 rings (SSSR count). The van der Waals surface area contributed by atoms with Gasteiger partial charge in [0.25, 0.3) is 0 Å². The zero-order valence-electron chi connectivity index (χ0n) is 13.2. The number of carbonyl (C=O) groups is 1. The van der Waals surface area contributed by atoms with Gasteiger partial charge in [0.2, 0.25) is 5.91 Å². The van der Waals surface area contributed by atoms with Crippen LogP contribution in [-0.4, -0.2) is 36.5 Å². The molecule has 3 aliphatic rings. The van der Waals surface area contributed by atoms with Crippen LogP contribution in [0.25, 0.3) is 0 Å². The molecule has 1 atom stereocenters. The van der Waals surface area contributed by atoms with Crippen LogP contribution in [0.4, 0.5) is 0 Å². The molecule has 0 spiro atoms. The number of carbonyl (C=O) groups excluding carboxylic acids is 1. The van der Waals surface area contributed by atoms with Crippen LogP contribution in [-0.2, 0) is 4.79 Å². The monoisotopic (exact) mass is 314 g/mol. The maximum absolute atomic E-state index is 12.6. The smallest absolute Gasteiger partial charge is 0.222 e. The van der Waals surface area contributed by atoms with Crippen molar-refractivity contribution in [1.82, 2.24) is 10.2 Å². The molecule has 3 nitrogen and oxygen atoms in total. The lowest BCUT2D eigenvalue weighted by atomic mass is 9.88. The van der Waals surface area contributed by atoms with Crippen molar-refractivity contribution < 1.29 is 4.79 Å². The fourth-order valence-corrected chi connectivity index (χ4v) is 3.92. The van der Waals surface area contributed by atoms with E-state index in [9.17, 15) is 4.79 Å². The van der Waals surface area contributed by atoms with Gasteiger partial charge in [-0.05, 0) is 63.5 Å². The zero-order valence-corrected chi connectivity index (χ0v) is 14.0. The normalized spacial score (nSPS) is 26.4. The standard InChI is InChI=1S/C17H30N2O.ClH/c20-17(9-6-14-10-11-18-12-14)19(16-7-8-16)13-15-4-2-1-3-5-15;/h14-16,18H,1-13H2;1H. The summed E-state index contributed by atoms with van der Waals surface area (Å²) >= 11 is 0. The Morgan fingerprint density at radius 2 is 1.76 bits per heavy atom. The van der Waals surface area contributed by atoms with Gasteiger partial charge in [0.15, 0.2) is 0 Å². The van der Waals surface area contributed by atoms with E-state index in [-0.39, 0.29) is 12.4 Å². The number of hydrogen-bond donors (Lipinski definition) is 1. The van der Waals surface area contributed by atoms with Crippen molar-refractivity contribution in [3.63, 3.8) is 0 Å². The summed E-state index contributed by atoms with van der Waals surface area (Å²) in [4.78, 5) is 14.8. The van der Waals surface area contributed by atoms with Crippen LogP contribution in [0.5, 0.6) is 0 Å². The molecule has 2 aliphatic carbocycles. The van der Waals surface area contributed by atoms with E-state index in [0.29, 0.717) is 11.9 Å². The van der Waals surface area contributed by atoms with Crippen molar-refractivity contribution in [2.45, 2.75) is 70.3 Å². The van der Waals surface area contributed by atoms with Gasteiger partial charge in [0.05, 0.1) is 0 Å². The molecular weight excluding hydrogens is 284 g/mol. The SMILES string of the molecule is Cl.O=C(CCC1CCNC1)N(CC1CCCCC1)C1CC1. The molecule has 1 heterocycles. The predicted molar refractivity (Wildman–Crippen MR) is 88.8 cm³/mol. The molecule has 1 aliphatic heterocycles. The summed E-state index contributed by atoms with van der Waals surface area (Å²) < 4.78 is 0. The maximum Gasteiger partial charge on any atom is 0.222 e. The Kier molecular flexibility index (Phi) is 6.81. The maximum atomic E-state index is 12.6. The highest BCUT2D eigenvalue weighted by atomic mass is 35.5. The van der Waals surface area contributed by atoms with Gasteiger partial charge in [-0.25, -0.2) is 0 Å². The molecule has 1 saturated heterocycles. The molecule has 1 unspecified atom stereocenters. The van der Waals surface area contributed by atoms with Gasteiger partial charge in [-0.2, -0.15) is 0 Å². The molecule has 3 fully saturated rings. The summed E-state index contributed by atoms with van der Waals surface area (Å²) in [6.07, 6.45) is 12.5. The van der Waals surface area contributed by atoms with Crippen molar-refractivity contribution >= 4 is 18.3 Å². The molecule has 1 amide bonds. The largest absolute Gasteiger partial charge is 0.339 e. The third kappa shape index (κ3) is 5.14. The average molecular weight is 315 g/mol. The topological polar surface area (TPSA) is 32.3 Å². The molecule has 1 N–H and O–H groups in total. The molecule has 21 heavy (non-hydrogen) atoms. The Hall–Kier alpha value is -0.280. The van der Waals surface area contributed by atoms with Gasteiger partial charge >= 0.3 is 0 Å². The summed E-state index contributed by atoms with van der Waals surface area (Å²) in [5.41, 5.74) is 0. The van der Waals surface area contributed by atoms with Gasteiger partial charge in [-0.3, -0.25) is 4.79 Å². The summed E-state index contributed by atoms with van der Waals surface area (Å²) in [6, 6.07) is 0.603. The molecule has 4 heteroatoms. The van der Waals surface area contributed by atoms with Crippen LogP contribution in [0, 0.1) is 11.8 Å². The van der Waals surface area contributed by atoms with E-state index in [2.05, 4.69) is 10.2 Å². The molecule has 2 saturated carbocycles. The molecule has 122 valence electrons. The number of amides is 1. The first-order valence-corrected chi connectivity index (χ1v) is 8.83. The lowest BCUT2D eigenvalue weighted by Gasteiger charge is -2.30. The number of nitrogens with one attached hydrogen (secondary N) is 1. The lowest BCUT2D eigenvalue weighted by Crippen LogP contribution is -2.37. The van der Waals surface area contributed by atoms with E-state index < -0.39 is 0 Å². The highest BCUT2D eigenvalue weighted by Gasteiger charge is 2.34. The van der Waals surface area contributed by atoms with E-state index in [1.165, 1.54) is 51.4 Å². The van der Waals surface area contributed by atoms with Gasteiger partial charge in [0, 0.05) is 19.0 Å². The van der Waals surface area contributed by atoms with Crippen LogP contribution in [0.15, 0.2) is 0 Å². The van der Waals surface area contributed by atoms with Crippen molar-refractivity contribution in [1.29, 1.82) is 0 Å². The molecule has 0 bridgehead atoms. The number of halogens is 1. The lowest BCUT2D eigenvalue weighted by molar-refractivity contribution is -0.132. The zero-order chi connectivity index (χ0) is 13.8. The fourth-order valence-electron chi connectivity index (χ4n) is 3.92. The quantitative estimate of drug-likeness (QED) is 0.815. The van der Waals surface area contributed by atoms with Crippen molar-refractivity contribution in [3.8, 4) is 0 Å². The Morgan fingerprint density at radius 3 is 2.38 bits per heavy atom. The van der Waals surface area contributed by atoms with E-state index >= 15 is 0 Å². The first-order chi connectivity index (χ1) is 9.83. The summed E-state index contributed by atoms with van der Waals surface area (Å²) in [5.74, 6) is 1.99. The summed E-state index contributed by atoms with van der Waals surface area (Å²) in [5, 5.41) is 3.40. The highest BCUT2D eigenvalue weighted by Crippen LogP contribution is 2.32. The molecule has 0 radical (unpaired) electrons. The van der Waals surface area contributed by atoms with Crippen LogP contribution in [0.1, 0.15) is 64.2 Å². The van der Waals surface area contributed by atoms with Crippen LogP contribution < -0.4 is 5.32 Å². The summed E-state index contributed by atoms with van der Waals surface area (Å²) in [6.45, 7) is 3.33. The van der Waals surface area contributed by atoms with Crippen molar-refractivity contribution in [2.75, 3.05) is 19.6 Å². The minimum Gasteiger partial charge on any atom is -0.339 e. The average Bonchev–Trinajstić information content (AvgIpc) is 3.19. The molecule has 0 aromatic carbocycles. The van der Waals surface area contributed by atoms with E-state index in [1.54, 1.807) is 0 Å². The second kappa shape index (κ2) is 8.38. The number of hydrogen-bond acceptors (Lipinski definition) is 2. The van der Waals surface area contributed by atoms with Gasteiger partial charge < -0.3 is 10.2 Å². The van der Waals surface area contributed by atoms with Gasteiger partial charge in [0.1, 0.15) is 0 Å².